The summed E-state index contributed by atoms with van der Waals surface area (Å²) in [5.74, 6) is 0.659. The Kier molecular flexibility index (Phi) is 2.10. The molecule has 0 spiro atoms. The molecule has 1 aliphatic heterocycles. The quantitative estimate of drug-likeness (QED) is 0.722. The summed E-state index contributed by atoms with van der Waals surface area (Å²) in [6.07, 6.45) is 0.958. The van der Waals surface area contributed by atoms with Crippen molar-refractivity contribution in [2.75, 3.05) is 18.5 Å². The minimum Gasteiger partial charge on any atom is -0.379 e. The summed E-state index contributed by atoms with van der Waals surface area (Å²) in [4.78, 5) is 11.3. The molecular weight excluding hydrogens is 210 g/mol. The number of nitrogens with one attached hydrogen (secondary N) is 2. The smallest absolute Gasteiger partial charge is 0.364 e. The molecule has 84 valence electrons. The third-order valence-electron chi connectivity index (χ3n) is 2.56. The van der Waals surface area contributed by atoms with Gasteiger partial charge in [0.15, 0.2) is 5.65 Å². The van der Waals surface area contributed by atoms with Crippen LogP contribution < -0.4 is 11.0 Å². The number of nitrogens with zero attached hydrogens (tertiary/aromatic N) is 3. The highest BCUT2D eigenvalue weighted by atomic mass is 16.5. The molecule has 0 amide bonds. The number of fused-ring (bicyclic) bond motifs is 1. The predicted octanol–water partition coefficient (Wildman–Crippen LogP) is -0.382. The van der Waals surface area contributed by atoms with Crippen LogP contribution >= 0.6 is 0 Å². The first kappa shape index (κ1) is 9.34. The van der Waals surface area contributed by atoms with Crippen LogP contribution in [0.25, 0.3) is 5.65 Å². The van der Waals surface area contributed by atoms with Crippen molar-refractivity contribution >= 4 is 11.5 Å². The van der Waals surface area contributed by atoms with E-state index < -0.39 is 0 Å². The van der Waals surface area contributed by atoms with E-state index in [-0.39, 0.29) is 11.7 Å². The summed E-state index contributed by atoms with van der Waals surface area (Å²) in [5, 5.41) is 13.5. The summed E-state index contributed by atoms with van der Waals surface area (Å²) in [5.41, 5.74) is 0.180. The number of anilines is 1. The molecule has 0 bridgehead atoms. The zero-order chi connectivity index (χ0) is 11.0. The van der Waals surface area contributed by atoms with Crippen LogP contribution in [0, 0.1) is 0 Å². The van der Waals surface area contributed by atoms with E-state index in [0.29, 0.717) is 18.1 Å². The lowest BCUT2D eigenvalue weighted by atomic mass is 10.2. The minimum atomic E-state index is -0.332. The van der Waals surface area contributed by atoms with Crippen LogP contribution in [-0.2, 0) is 4.74 Å². The average Bonchev–Trinajstić information content (AvgIpc) is 2.90. The van der Waals surface area contributed by atoms with Crippen LogP contribution in [0.5, 0.6) is 0 Å². The topological polar surface area (TPSA) is 84.3 Å². The van der Waals surface area contributed by atoms with E-state index >= 15 is 0 Å². The lowest BCUT2D eigenvalue weighted by molar-refractivity contribution is 0.195. The number of hydrogen-bond acceptors (Lipinski definition) is 5. The van der Waals surface area contributed by atoms with Crippen molar-refractivity contribution in [3.8, 4) is 0 Å². The molecule has 16 heavy (non-hydrogen) atoms. The largest absolute Gasteiger partial charge is 0.379 e. The van der Waals surface area contributed by atoms with Gasteiger partial charge in [-0.25, -0.2) is 9.89 Å². The summed E-state index contributed by atoms with van der Waals surface area (Å²) in [7, 11) is 0. The van der Waals surface area contributed by atoms with Crippen molar-refractivity contribution < 1.29 is 4.74 Å². The van der Waals surface area contributed by atoms with Crippen molar-refractivity contribution in [2.24, 2.45) is 0 Å². The first-order chi connectivity index (χ1) is 7.83. The van der Waals surface area contributed by atoms with Gasteiger partial charge < -0.3 is 10.1 Å². The molecule has 1 atom stereocenters. The molecule has 0 aromatic carbocycles. The van der Waals surface area contributed by atoms with Gasteiger partial charge in [-0.1, -0.05) is 0 Å². The Morgan fingerprint density at radius 3 is 3.31 bits per heavy atom. The van der Waals surface area contributed by atoms with E-state index in [9.17, 15) is 4.79 Å². The summed E-state index contributed by atoms with van der Waals surface area (Å²) >= 11 is 0. The molecule has 3 heterocycles. The molecule has 0 aliphatic carbocycles. The van der Waals surface area contributed by atoms with Gasteiger partial charge in [-0.3, -0.25) is 0 Å². The zero-order valence-electron chi connectivity index (χ0n) is 8.51. The predicted molar refractivity (Wildman–Crippen MR) is 56.5 cm³/mol. The number of aromatic nitrogens is 4. The number of H-pyrrole nitrogens is 1. The van der Waals surface area contributed by atoms with Crippen LogP contribution in [0.3, 0.4) is 0 Å². The van der Waals surface area contributed by atoms with Gasteiger partial charge in [-0.05, 0) is 18.6 Å². The van der Waals surface area contributed by atoms with Crippen LogP contribution in [0.15, 0.2) is 16.9 Å². The number of rotatable bonds is 2. The Bertz CT molecular complexity index is 554. The molecule has 1 unspecified atom stereocenters. The maximum Gasteiger partial charge on any atom is 0.364 e. The van der Waals surface area contributed by atoms with Crippen molar-refractivity contribution in [1.29, 1.82) is 0 Å². The normalized spacial score (nSPS) is 20.4. The Morgan fingerprint density at radius 1 is 1.56 bits per heavy atom. The van der Waals surface area contributed by atoms with Gasteiger partial charge in [-0.2, -0.15) is 9.61 Å². The maximum absolute atomic E-state index is 11.3. The van der Waals surface area contributed by atoms with Gasteiger partial charge in [0.05, 0.1) is 12.6 Å². The van der Waals surface area contributed by atoms with Gasteiger partial charge in [0.25, 0.3) is 0 Å². The summed E-state index contributed by atoms with van der Waals surface area (Å²) in [6, 6.07) is 3.81. The zero-order valence-corrected chi connectivity index (χ0v) is 8.51. The fraction of sp³-hybridized carbons (Fsp3) is 0.444. The minimum absolute atomic E-state index is 0.271. The maximum atomic E-state index is 11.3. The SMILES string of the molecule is O=c1[nH]nc2ccc(NC3CCOC3)nn12. The standard InChI is InChI=1S/C9H11N5O2/c15-9-12-11-8-2-1-7(13-14(8)9)10-6-3-4-16-5-6/h1-2,6H,3-5H2,(H,10,13)(H,12,15). The van der Waals surface area contributed by atoms with Crippen molar-refractivity contribution in [2.45, 2.75) is 12.5 Å². The molecule has 1 aliphatic rings. The highest BCUT2D eigenvalue weighted by molar-refractivity contribution is 5.43. The second-order valence-corrected chi connectivity index (χ2v) is 3.72. The number of aromatic amines is 1. The van der Waals surface area contributed by atoms with Gasteiger partial charge in [0, 0.05) is 6.61 Å². The number of hydrogen-bond donors (Lipinski definition) is 2. The second-order valence-electron chi connectivity index (χ2n) is 3.72. The Balaban J connectivity index is 1.91. The molecule has 1 fully saturated rings. The van der Waals surface area contributed by atoms with E-state index in [0.717, 1.165) is 13.0 Å². The molecule has 7 nitrogen and oxygen atoms in total. The second kappa shape index (κ2) is 3.60. The third-order valence-corrected chi connectivity index (χ3v) is 2.56. The lowest BCUT2D eigenvalue weighted by Gasteiger charge is -2.10. The molecule has 0 radical (unpaired) electrons. The lowest BCUT2D eigenvalue weighted by Crippen LogP contribution is -2.21. The van der Waals surface area contributed by atoms with E-state index in [4.69, 9.17) is 4.74 Å². The highest BCUT2D eigenvalue weighted by Crippen LogP contribution is 2.11. The highest BCUT2D eigenvalue weighted by Gasteiger charge is 2.15. The Morgan fingerprint density at radius 2 is 2.50 bits per heavy atom. The van der Waals surface area contributed by atoms with Crippen molar-refractivity contribution in [1.82, 2.24) is 19.8 Å². The third kappa shape index (κ3) is 1.54. The molecule has 7 heteroatoms. The van der Waals surface area contributed by atoms with E-state index in [2.05, 4.69) is 20.6 Å². The van der Waals surface area contributed by atoms with Crippen LogP contribution in [0.2, 0.25) is 0 Å². The Hall–Kier alpha value is -1.89. The summed E-state index contributed by atoms with van der Waals surface area (Å²) < 4.78 is 6.48. The average molecular weight is 221 g/mol. The Labute approximate surface area is 90.4 Å². The molecule has 1 saturated heterocycles. The molecule has 2 aromatic rings. The first-order valence-electron chi connectivity index (χ1n) is 5.12. The fourth-order valence-corrected chi connectivity index (χ4v) is 1.74. The van der Waals surface area contributed by atoms with E-state index in [1.165, 1.54) is 4.52 Å². The van der Waals surface area contributed by atoms with E-state index in [1.54, 1.807) is 12.1 Å². The van der Waals surface area contributed by atoms with Crippen LogP contribution in [0.4, 0.5) is 5.82 Å². The monoisotopic (exact) mass is 221 g/mol. The van der Waals surface area contributed by atoms with Crippen LogP contribution in [-0.4, -0.2) is 39.1 Å². The summed E-state index contributed by atoms with van der Waals surface area (Å²) in [6.45, 7) is 1.45. The van der Waals surface area contributed by atoms with Gasteiger partial charge >= 0.3 is 5.69 Å². The van der Waals surface area contributed by atoms with Gasteiger partial charge in [0.2, 0.25) is 0 Å². The molecule has 2 N–H and O–H groups in total. The first-order valence-corrected chi connectivity index (χ1v) is 5.12. The van der Waals surface area contributed by atoms with Gasteiger partial charge in [0.1, 0.15) is 5.82 Å². The molecule has 2 aromatic heterocycles. The molecule has 3 rings (SSSR count). The van der Waals surface area contributed by atoms with E-state index in [1.807, 2.05) is 0 Å². The van der Waals surface area contributed by atoms with Crippen LogP contribution in [0.1, 0.15) is 6.42 Å². The fourth-order valence-electron chi connectivity index (χ4n) is 1.74. The molecule has 0 saturated carbocycles. The molecular formula is C9H11N5O2. The van der Waals surface area contributed by atoms with Gasteiger partial charge in [-0.15, -0.1) is 5.10 Å². The van der Waals surface area contributed by atoms with Crippen molar-refractivity contribution in [3.05, 3.63) is 22.6 Å². The van der Waals surface area contributed by atoms with Crippen molar-refractivity contribution in [3.63, 3.8) is 0 Å². The number of ether oxygens (including phenoxy) is 1.